The zero-order chi connectivity index (χ0) is 14.2. The summed E-state index contributed by atoms with van der Waals surface area (Å²) in [6, 6.07) is 0.867. The molecule has 102 valence electrons. The van der Waals surface area contributed by atoms with Gasteiger partial charge >= 0.3 is 0 Å². The molecule has 2 aromatic heterocycles. The summed E-state index contributed by atoms with van der Waals surface area (Å²) in [4.78, 5) is 10.9. The average molecular weight is 325 g/mol. The van der Waals surface area contributed by atoms with Gasteiger partial charge in [0, 0.05) is 6.07 Å². The highest BCUT2D eigenvalue weighted by molar-refractivity contribution is 7.94. The molecular formula is C6H5ClN6O4S2. The van der Waals surface area contributed by atoms with Crippen molar-refractivity contribution >= 4 is 44.6 Å². The van der Waals surface area contributed by atoms with Crippen molar-refractivity contribution in [1.29, 1.82) is 0 Å². The van der Waals surface area contributed by atoms with Crippen LogP contribution < -0.4 is 4.72 Å². The molecule has 0 bridgehead atoms. The van der Waals surface area contributed by atoms with Crippen LogP contribution in [-0.4, -0.2) is 33.5 Å². The smallest absolute Gasteiger partial charge is 0.258 e. The lowest BCUT2D eigenvalue weighted by Gasteiger charge is -1.99. The van der Waals surface area contributed by atoms with E-state index >= 15 is 0 Å². The van der Waals surface area contributed by atoms with Gasteiger partial charge in [0.1, 0.15) is 4.21 Å². The molecule has 0 aromatic carbocycles. The Morgan fingerprint density at radius 1 is 1.58 bits per heavy atom. The Balaban J connectivity index is 2.34. The number of sulfonamides is 1. The fourth-order valence-electron chi connectivity index (χ4n) is 1.09. The maximum absolute atomic E-state index is 11.9. The summed E-state index contributed by atoms with van der Waals surface area (Å²) in [6.07, 6.45) is 0. The standard InChI is InChI=1S/C6H5ClN6O4S2/c1-12-9-6(8-11-12)10-19(16,17)4-2-3(13(14)15)5(7)18-4/h2H,1H3,(H,9,10). The summed E-state index contributed by atoms with van der Waals surface area (Å²) >= 11 is 6.16. The molecule has 19 heavy (non-hydrogen) atoms. The molecule has 2 aromatic rings. The number of nitrogens with zero attached hydrogens (tertiary/aromatic N) is 5. The third-order valence-electron chi connectivity index (χ3n) is 1.84. The van der Waals surface area contributed by atoms with Gasteiger partial charge in [0.2, 0.25) is 0 Å². The van der Waals surface area contributed by atoms with Gasteiger partial charge in [-0.1, -0.05) is 16.7 Å². The predicted molar refractivity (Wildman–Crippen MR) is 65.6 cm³/mol. The zero-order valence-electron chi connectivity index (χ0n) is 9.14. The van der Waals surface area contributed by atoms with Gasteiger partial charge in [0.05, 0.1) is 12.0 Å². The van der Waals surface area contributed by atoms with Crippen LogP contribution >= 0.6 is 22.9 Å². The molecule has 1 N–H and O–H groups in total. The Kier molecular flexibility index (Phi) is 3.38. The minimum absolute atomic E-state index is 0.225. The molecular weight excluding hydrogens is 320 g/mol. The molecule has 0 radical (unpaired) electrons. The number of nitrogens with one attached hydrogen (secondary N) is 1. The maximum atomic E-state index is 11.9. The van der Waals surface area contributed by atoms with E-state index in [1.54, 1.807) is 0 Å². The summed E-state index contributed by atoms with van der Waals surface area (Å²) in [5, 5.41) is 21.1. The number of anilines is 1. The highest BCUT2D eigenvalue weighted by Gasteiger charge is 2.26. The summed E-state index contributed by atoms with van der Waals surface area (Å²) in [5.41, 5.74) is -0.473. The van der Waals surface area contributed by atoms with Crippen LogP contribution in [0, 0.1) is 10.1 Å². The van der Waals surface area contributed by atoms with Crippen LogP contribution in [0.2, 0.25) is 4.34 Å². The predicted octanol–water partition coefficient (Wildman–Crippen LogP) is 0.634. The van der Waals surface area contributed by atoms with Crippen LogP contribution in [0.4, 0.5) is 11.6 Å². The number of tetrazole rings is 1. The van der Waals surface area contributed by atoms with Gasteiger partial charge < -0.3 is 0 Å². The molecule has 0 aliphatic carbocycles. The molecule has 0 aliphatic heterocycles. The second kappa shape index (κ2) is 4.71. The first-order valence-corrected chi connectivity index (χ1v) is 7.18. The van der Waals surface area contributed by atoms with E-state index in [-0.39, 0.29) is 14.5 Å². The monoisotopic (exact) mass is 324 g/mol. The number of aryl methyl sites for hydroxylation is 1. The molecule has 2 rings (SSSR count). The lowest BCUT2D eigenvalue weighted by atomic mass is 10.6. The molecule has 0 aliphatic rings. The molecule has 0 amide bonds. The third-order valence-corrected chi connectivity index (χ3v) is 4.98. The van der Waals surface area contributed by atoms with E-state index in [9.17, 15) is 18.5 Å². The maximum Gasteiger partial charge on any atom is 0.300 e. The first kappa shape index (κ1) is 13.6. The van der Waals surface area contributed by atoms with Crippen molar-refractivity contribution in [1.82, 2.24) is 20.2 Å². The normalized spacial score (nSPS) is 11.5. The van der Waals surface area contributed by atoms with Gasteiger partial charge in [0.15, 0.2) is 4.34 Å². The quantitative estimate of drug-likeness (QED) is 0.644. The van der Waals surface area contributed by atoms with Crippen molar-refractivity contribution in [2.45, 2.75) is 4.21 Å². The molecule has 0 saturated carbocycles. The number of hydrogen-bond acceptors (Lipinski definition) is 8. The summed E-state index contributed by atoms with van der Waals surface area (Å²) in [5.74, 6) is -0.241. The fourth-order valence-corrected chi connectivity index (χ4v) is 3.69. The SMILES string of the molecule is Cn1nnc(NS(=O)(=O)c2cc([N+](=O)[O-])c(Cl)s2)n1. The van der Waals surface area contributed by atoms with E-state index in [1.165, 1.54) is 7.05 Å². The van der Waals surface area contributed by atoms with Crippen LogP contribution in [0.1, 0.15) is 0 Å². The Bertz CT molecular complexity index is 737. The molecule has 0 atom stereocenters. The second-order valence-corrected chi connectivity index (χ2v) is 6.75. The Morgan fingerprint density at radius 2 is 2.26 bits per heavy atom. The van der Waals surface area contributed by atoms with Gasteiger partial charge in [-0.3, -0.25) is 10.1 Å². The van der Waals surface area contributed by atoms with Crippen molar-refractivity contribution in [2.24, 2.45) is 7.05 Å². The average Bonchev–Trinajstić information content (AvgIpc) is 2.84. The van der Waals surface area contributed by atoms with Gasteiger partial charge in [0.25, 0.3) is 21.7 Å². The van der Waals surface area contributed by atoms with Gasteiger partial charge in [-0.2, -0.15) is 4.80 Å². The van der Waals surface area contributed by atoms with Crippen molar-refractivity contribution in [3.05, 3.63) is 20.5 Å². The van der Waals surface area contributed by atoms with E-state index in [1.807, 2.05) is 4.72 Å². The van der Waals surface area contributed by atoms with E-state index in [0.717, 1.165) is 10.9 Å². The van der Waals surface area contributed by atoms with Crippen LogP contribution in [0.5, 0.6) is 0 Å². The second-order valence-electron chi connectivity index (χ2n) is 3.19. The number of nitro groups is 1. The largest absolute Gasteiger partial charge is 0.300 e. The Hall–Kier alpha value is -1.79. The highest BCUT2D eigenvalue weighted by atomic mass is 35.5. The molecule has 2 heterocycles. The zero-order valence-corrected chi connectivity index (χ0v) is 11.5. The number of hydrogen-bond donors (Lipinski definition) is 1. The van der Waals surface area contributed by atoms with Crippen LogP contribution in [0.3, 0.4) is 0 Å². The number of halogens is 1. The van der Waals surface area contributed by atoms with Crippen molar-refractivity contribution in [2.75, 3.05) is 4.72 Å². The minimum atomic E-state index is -4.03. The first-order valence-electron chi connectivity index (χ1n) is 4.50. The minimum Gasteiger partial charge on any atom is -0.258 e. The molecule has 0 fully saturated rings. The van der Waals surface area contributed by atoms with Crippen LogP contribution in [0.25, 0.3) is 0 Å². The lowest BCUT2D eigenvalue weighted by molar-refractivity contribution is -0.384. The number of thiophene rings is 1. The summed E-state index contributed by atoms with van der Waals surface area (Å²) < 4.78 is 25.3. The van der Waals surface area contributed by atoms with Crippen molar-refractivity contribution in [3.8, 4) is 0 Å². The highest BCUT2D eigenvalue weighted by Crippen LogP contribution is 2.36. The van der Waals surface area contributed by atoms with Crippen LogP contribution in [-0.2, 0) is 17.1 Å². The molecule has 0 saturated heterocycles. The van der Waals surface area contributed by atoms with Crippen molar-refractivity contribution < 1.29 is 13.3 Å². The van der Waals surface area contributed by atoms with E-state index < -0.39 is 20.6 Å². The molecule has 0 unspecified atom stereocenters. The van der Waals surface area contributed by atoms with E-state index in [2.05, 4.69) is 15.4 Å². The van der Waals surface area contributed by atoms with Crippen LogP contribution in [0.15, 0.2) is 10.3 Å². The first-order chi connectivity index (χ1) is 8.79. The molecule has 13 heteroatoms. The third kappa shape index (κ3) is 2.80. The van der Waals surface area contributed by atoms with Gasteiger partial charge in [-0.15, -0.1) is 16.4 Å². The fraction of sp³-hybridized carbons (Fsp3) is 0.167. The van der Waals surface area contributed by atoms with Crippen molar-refractivity contribution in [3.63, 3.8) is 0 Å². The number of aromatic nitrogens is 4. The van der Waals surface area contributed by atoms with E-state index in [4.69, 9.17) is 11.6 Å². The molecule has 10 nitrogen and oxygen atoms in total. The topological polar surface area (TPSA) is 133 Å². The summed E-state index contributed by atoms with van der Waals surface area (Å²) in [7, 11) is -2.58. The van der Waals surface area contributed by atoms with E-state index in [0.29, 0.717) is 11.3 Å². The molecule has 0 spiro atoms. The lowest BCUT2D eigenvalue weighted by Crippen LogP contribution is -2.12. The number of rotatable bonds is 4. The Labute approximate surface area is 115 Å². The van der Waals surface area contributed by atoms with Gasteiger partial charge in [-0.05, 0) is 5.21 Å². The van der Waals surface area contributed by atoms with Gasteiger partial charge in [-0.25, -0.2) is 13.1 Å². The summed E-state index contributed by atoms with van der Waals surface area (Å²) in [6.45, 7) is 0. The Morgan fingerprint density at radius 3 is 2.74 bits per heavy atom.